The van der Waals surface area contributed by atoms with E-state index in [-0.39, 0.29) is 5.75 Å². The zero-order valence-electron chi connectivity index (χ0n) is 15.8. The monoisotopic (exact) mass is 392 g/mol. The zero-order chi connectivity index (χ0) is 20.1. The lowest BCUT2D eigenvalue weighted by Gasteiger charge is -2.11. The zero-order valence-corrected chi connectivity index (χ0v) is 15.8. The van der Waals surface area contributed by atoms with E-state index in [1.54, 1.807) is 19.2 Å². The summed E-state index contributed by atoms with van der Waals surface area (Å²) in [7, 11) is 1.65. The number of alkyl halides is 3. The van der Waals surface area contributed by atoms with Crippen LogP contribution in [0.4, 0.5) is 13.2 Å². The summed E-state index contributed by atoms with van der Waals surface area (Å²) in [5.74, 6) is 1.03. The molecule has 0 saturated carbocycles. The van der Waals surface area contributed by atoms with Crippen molar-refractivity contribution in [2.45, 2.75) is 26.1 Å². The van der Waals surface area contributed by atoms with Crippen LogP contribution in [-0.4, -0.2) is 31.4 Å². The lowest BCUT2D eigenvalue weighted by atomic mass is 10.1. The number of halogens is 3. The van der Waals surface area contributed by atoms with Crippen molar-refractivity contribution in [3.05, 3.63) is 59.3 Å². The SMILES string of the molecule is COc1ccc2[nH]c(C)c(CCNCc3cccc(OCC(F)(F)F)c3)c2c1. The molecule has 7 heteroatoms. The van der Waals surface area contributed by atoms with Gasteiger partial charge < -0.3 is 19.8 Å². The Bertz CT molecular complexity index is 935. The Morgan fingerprint density at radius 1 is 1.07 bits per heavy atom. The second kappa shape index (κ2) is 8.56. The Labute approximate surface area is 161 Å². The van der Waals surface area contributed by atoms with Crippen LogP contribution < -0.4 is 14.8 Å². The van der Waals surface area contributed by atoms with Gasteiger partial charge in [-0.2, -0.15) is 13.2 Å². The molecule has 0 atom stereocenters. The van der Waals surface area contributed by atoms with Gasteiger partial charge in [0, 0.05) is 23.1 Å². The number of hydrogen-bond donors (Lipinski definition) is 2. The van der Waals surface area contributed by atoms with Crippen molar-refractivity contribution in [1.82, 2.24) is 10.3 Å². The van der Waals surface area contributed by atoms with E-state index in [1.807, 2.05) is 31.2 Å². The van der Waals surface area contributed by atoms with Gasteiger partial charge >= 0.3 is 6.18 Å². The molecule has 0 spiro atoms. The molecule has 1 heterocycles. The van der Waals surface area contributed by atoms with Crippen molar-refractivity contribution in [2.75, 3.05) is 20.3 Å². The number of rotatable bonds is 8. The van der Waals surface area contributed by atoms with Crippen molar-refractivity contribution in [2.24, 2.45) is 0 Å². The maximum atomic E-state index is 12.3. The van der Waals surface area contributed by atoms with Gasteiger partial charge in [-0.25, -0.2) is 0 Å². The molecule has 3 rings (SSSR count). The summed E-state index contributed by atoms with van der Waals surface area (Å²) in [5, 5.41) is 4.48. The maximum Gasteiger partial charge on any atom is 0.422 e. The molecule has 1 aromatic heterocycles. The Kier molecular flexibility index (Phi) is 6.14. The quantitative estimate of drug-likeness (QED) is 0.544. The molecule has 0 aliphatic heterocycles. The van der Waals surface area contributed by atoms with E-state index >= 15 is 0 Å². The molecule has 0 amide bonds. The molecule has 0 fully saturated rings. The first-order valence-corrected chi connectivity index (χ1v) is 9.00. The molecular weight excluding hydrogens is 369 g/mol. The average Bonchev–Trinajstić information content (AvgIpc) is 2.97. The van der Waals surface area contributed by atoms with Gasteiger partial charge in [0.2, 0.25) is 0 Å². The fraction of sp³-hybridized carbons (Fsp3) is 0.333. The first kappa shape index (κ1) is 20.1. The standard InChI is InChI=1S/C21H23F3N2O2/c1-14-18(19-11-16(27-2)6-7-20(19)26-14)8-9-25-12-15-4-3-5-17(10-15)28-13-21(22,23)24/h3-7,10-11,25-26H,8-9,12-13H2,1-2H3. The molecule has 4 nitrogen and oxygen atoms in total. The second-order valence-electron chi connectivity index (χ2n) is 6.62. The Hall–Kier alpha value is -2.67. The third-order valence-electron chi connectivity index (χ3n) is 4.51. The highest BCUT2D eigenvalue weighted by atomic mass is 19.4. The summed E-state index contributed by atoms with van der Waals surface area (Å²) in [6.07, 6.45) is -3.52. The molecular formula is C21H23F3N2O2. The van der Waals surface area contributed by atoms with Crippen molar-refractivity contribution in [3.63, 3.8) is 0 Å². The van der Waals surface area contributed by atoms with E-state index in [9.17, 15) is 13.2 Å². The summed E-state index contributed by atoms with van der Waals surface area (Å²) < 4.78 is 46.9. The Morgan fingerprint density at radius 2 is 1.89 bits per heavy atom. The predicted octanol–water partition coefficient (Wildman–Crippen LogP) is 4.76. The number of H-pyrrole nitrogens is 1. The van der Waals surface area contributed by atoms with Gasteiger partial charge in [0.15, 0.2) is 6.61 Å². The Balaban J connectivity index is 1.56. The van der Waals surface area contributed by atoms with Crippen molar-refractivity contribution >= 4 is 10.9 Å². The highest BCUT2D eigenvalue weighted by Gasteiger charge is 2.28. The van der Waals surface area contributed by atoms with E-state index in [1.165, 1.54) is 11.6 Å². The van der Waals surface area contributed by atoms with Gasteiger partial charge in [-0.15, -0.1) is 0 Å². The number of ether oxygens (including phenoxy) is 2. The smallest absolute Gasteiger partial charge is 0.422 e. The van der Waals surface area contributed by atoms with Crippen LogP contribution in [0.25, 0.3) is 10.9 Å². The topological polar surface area (TPSA) is 46.3 Å². The summed E-state index contributed by atoms with van der Waals surface area (Å²) in [6.45, 7) is 2.04. The highest BCUT2D eigenvalue weighted by molar-refractivity contribution is 5.86. The largest absolute Gasteiger partial charge is 0.497 e. The number of nitrogens with one attached hydrogen (secondary N) is 2. The molecule has 0 aliphatic carbocycles. The molecule has 2 N–H and O–H groups in total. The van der Waals surface area contributed by atoms with Crippen LogP contribution in [0.2, 0.25) is 0 Å². The van der Waals surface area contributed by atoms with Gasteiger partial charge in [-0.05, 0) is 61.3 Å². The number of methoxy groups -OCH3 is 1. The van der Waals surface area contributed by atoms with Crippen molar-refractivity contribution in [1.29, 1.82) is 0 Å². The van der Waals surface area contributed by atoms with Gasteiger partial charge in [0.25, 0.3) is 0 Å². The molecule has 0 bridgehead atoms. The van der Waals surface area contributed by atoms with Crippen LogP contribution in [-0.2, 0) is 13.0 Å². The summed E-state index contributed by atoms with van der Waals surface area (Å²) in [5.41, 5.74) is 4.29. The molecule has 3 aromatic rings. The number of aryl methyl sites for hydroxylation is 1. The van der Waals surface area contributed by atoms with Crippen LogP contribution in [0.5, 0.6) is 11.5 Å². The van der Waals surface area contributed by atoms with Crippen LogP contribution in [0.3, 0.4) is 0 Å². The van der Waals surface area contributed by atoms with Gasteiger partial charge in [-0.1, -0.05) is 12.1 Å². The summed E-state index contributed by atoms with van der Waals surface area (Å²) in [4.78, 5) is 3.38. The number of hydrogen-bond acceptors (Lipinski definition) is 3. The number of aromatic nitrogens is 1. The van der Waals surface area contributed by atoms with Crippen LogP contribution in [0, 0.1) is 6.92 Å². The van der Waals surface area contributed by atoms with Crippen LogP contribution >= 0.6 is 0 Å². The molecule has 0 aliphatic rings. The van der Waals surface area contributed by atoms with E-state index < -0.39 is 12.8 Å². The van der Waals surface area contributed by atoms with E-state index in [0.717, 1.165) is 40.9 Å². The first-order chi connectivity index (χ1) is 13.4. The minimum absolute atomic E-state index is 0.219. The molecule has 0 unspecified atom stereocenters. The van der Waals surface area contributed by atoms with E-state index in [2.05, 4.69) is 10.3 Å². The lowest BCUT2D eigenvalue weighted by Crippen LogP contribution is -2.19. The van der Waals surface area contributed by atoms with E-state index in [0.29, 0.717) is 6.54 Å². The third-order valence-corrected chi connectivity index (χ3v) is 4.51. The fourth-order valence-electron chi connectivity index (χ4n) is 3.17. The Morgan fingerprint density at radius 3 is 2.64 bits per heavy atom. The summed E-state index contributed by atoms with van der Waals surface area (Å²) >= 11 is 0. The van der Waals surface area contributed by atoms with Gasteiger partial charge in [-0.3, -0.25) is 0 Å². The van der Waals surface area contributed by atoms with Crippen molar-refractivity contribution in [3.8, 4) is 11.5 Å². The number of benzene rings is 2. The minimum Gasteiger partial charge on any atom is -0.497 e. The van der Waals surface area contributed by atoms with Crippen LogP contribution in [0.15, 0.2) is 42.5 Å². The number of fused-ring (bicyclic) bond motifs is 1. The first-order valence-electron chi connectivity index (χ1n) is 9.00. The predicted molar refractivity (Wildman–Crippen MR) is 103 cm³/mol. The highest BCUT2D eigenvalue weighted by Crippen LogP contribution is 2.26. The summed E-state index contributed by atoms with van der Waals surface area (Å²) in [6, 6.07) is 12.7. The minimum atomic E-state index is -4.34. The molecule has 2 aromatic carbocycles. The van der Waals surface area contributed by atoms with E-state index in [4.69, 9.17) is 9.47 Å². The molecule has 28 heavy (non-hydrogen) atoms. The molecule has 0 radical (unpaired) electrons. The maximum absolute atomic E-state index is 12.3. The average molecular weight is 392 g/mol. The van der Waals surface area contributed by atoms with Gasteiger partial charge in [0.05, 0.1) is 7.11 Å². The third kappa shape index (κ3) is 5.19. The number of aromatic amines is 1. The second-order valence-corrected chi connectivity index (χ2v) is 6.62. The van der Waals surface area contributed by atoms with Crippen molar-refractivity contribution < 1.29 is 22.6 Å². The normalized spacial score (nSPS) is 11.8. The molecule has 150 valence electrons. The lowest BCUT2D eigenvalue weighted by molar-refractivity contribution is -0.153. The van der Waals surface area contributed by atoms with Gasteiger partial charge in [0.1, 0.15) is 11.5 Å². The fourth-order valence-corrected chi connectivity index (χ4v) is 3.17. The van der Waals surface area contributed by atoms with Crippen LogP contribution in [0.1, 0.15) is 16.8 Å². The molecule has 0 saturated heterocycles.